The lowest BCUT2D eigenvalue weighted by Crippen LogP contribution is -2.32. The normalized spacial score (nSPS) is 17.1. The monoisotopic (exact) mass is 239 g/mol. The van der Waals surface area contributed by atoms with Gasteiger partial charge in [0.1, 0.15) is 11.6 Å². The third-order valence-corrected chi connectivity index (χ3v) is 3.32. The molecule has 0 spiro atoms. The summed E-state index contributed by atoms with van der Waals surface area (Å²) in [6.45, 7) is 2.87. The van der Waals surface area contributed by atoms with Gasteiger partial charge < -0.3 is 5.32 Å². The predicted octanol–water partition coefficient (Wildman–Crippen LogP) is 3.29. The Morgan fingerprint density at radius 1 is 1.29 bits per heavy atom. The maximum absolute atomic E-state index is 13.5. The third-order valence-electron chi connectivity index (χ3n) is 3.32. The summed E-state index contributed by atoms with van der Waals surface area (Å²) in [6, 6.07) is 4.27. The molecule has 17 heavy (non-hydrogen) atoms. The quantitative estimate of drug-likeness (QED) is 0.803. The molecule has 1 atom stereocenters. The Morgan fingerprint density at radius 3 is 2.47 bits per heavy atom. The molecule has 0 aliphatic heterocycles. The smallest absolute Gasteiger partial charge is 0.129 e. The zero-order valence-corrected chi connectivity index (χ0v) is 10.2. The SMILES string of the molecule is CCNC(Cc1c(F)cccc1F)CC1CC1. The van der Waals surface area contributed by atoms with E-state index in [1.54, 1.807) is 0 Å². The molecular formula is C14H19F2N. The van der Waals surface area contributed by atoms with Crippen LogP contribution in [0.5, 0.6) is 0 Å². The van der Waals surface area contributed by atoms with Crippen molar-refractivity contribution in [3.63, 3.8) is 0 Å². The Bertz CT molecular complexity index is 354. The second kappa shape index (κ2) is 5.58. The number of benzene rings is 1. The van der Waals surface area contributed by atoms with Gasteiger partial charge in [0.25, 0.3) is 0 Å². The van der Waals surface area contributed by atoms with E-state index in [-0.39, 0.29) is 11.6 Å². The van der Waals surface area contributed by atoms with E-state index in [9.17, 15) is 8.78 Å². The first-order chi connectivity index (χ1) is 8.20. The molecular weight excluding hydrogens is 220 g/mol. The van der Waals surface area contributed by atoms with Gasteiger partial charge in [0.15, 0.2) is 0 Å². The third kappa shape index (κ3) is 3.50. The molecule has 2 rings (SSSR count). The van der Waals surface area contributed by atoms with Gasteiger partial charge in [0.05, 0.1) is 0 Å². The van der Waals surface area contributed by atoms with Crippen molar-refractivity contribution in [3.8, 4) is 0 Å². The van der Waals surface area contributed by atoms with E-state index in [1.807, 2.05) is 6.92 Å². The van der Waals surface area contributed by atoms with Crippen molar-refractivity contribution in [2.75, 3.05) is 6.54 Å². The van der Waals surface area contributed by atoms with E-state index in [2.05, 4.69) is 5.32 Å². The first kappa shape index (κ1) is 12.5. The van der Waals surface area contributed by atoms with Crippen molar-refractivity contribution in [2.45, 2.75) is 38.6 Å². The number of hydrogen-bond acceptors (Lipinski definition) is 1. The average molecular weight is 239 g/mol. The molecule has 0 heterocycles. The van der Waals surface area contributed by atoms with Crippen LogP contribution in [-0.2, 0) is 6.42 Å². The fraction of sp³-hybridized carbons (Fsp3) is 0.571. The zero-order chi connectivity index (χ0) is 12.3. The minimum atomic E-state index is -0.427. The van der Waals surface area contributed by atoms with Gasteiger partial charge in [-0.15, -0.1) is 0 Å². The van der Waals surface area contributed by atoms with Crippen molar-refractivity contribution < 1.29 is 8.78 Å². The van der Waals surface area contributed by atoms with E-state index in [4.69, 9.17) is 0 Å². The van der Waals surface area contributed by atoms with Gasteiger partial charge in [-0.3, -0.25) is 0 Å². The fourth-order valence-electron chi connectivity index (χ4n) is 2.26. The Kier molecular flexibility index (Phi) is 4.11. The highest BCUT2D eigenvalue weighted by atomic mass is 19.1. The van der Waals surface area contributed by atoms with Crippen LogP contribution in [0, 0.1) is 17.6 Å². The van der Waals surface area contributed by atoms with E-state index >= 15 is 0 Å². The molecule has 0 saturated heterocycles. The van der Waals surface area contributed by atoms with Crippen molar-refractivity contribution in [3.05, 3.63) is 35.4 Å². The van der Waals surface area contributed by atoms with E-state index in [1.165, 1.54) is 31.0 Å². The average Bonchev–Trinajstić information content (AvgIpc) is 3.08. The summed E-state index contributed by atoms with van der Waals surface area (Å²) in [5.41, 5.74) is 0.221. The van der Waals surface area contributed by atoms with Gasteiger partial charge in [0.2, 0.25) is 0 Å². The summed E-state index contributed by atoms with van der Waals surface area (Å²) in [5, 5.41) is 3.32. The molecule has 0 bridgehead atoms. The Balaban J connectivity index is 2.04. The van der Waals surface area contributed by atoms with E-state index in [0.29, 0.717) is 6.42 Å². The fourth-order valence-corrected chi connectivity index (χ4v) is 2.26. The lowest BCUT2D eigenvalue weighted by Gasteiger charge is -2.18. The zero-order valence-electron chi connectivity index (χ0n) is 10.2. The number of nitrogens with one attached hydrogen (secondary N) is 1. The van der Waals surface area contributed by atoms with Gasteiger partial charge >= 0.3 is 0 Å². The molecule has 1 unspecified atom stereocenters. The molecule has 1 aliphatic carbocycles. The van der Waals surface area contributed by atoms with E-state index in [0.717, 1.165) is 18.9 Å². The minimum Gasteiger partial charge on any atom is -0.314 e. The van der Waals surface area contributed by atoms with Crippen LogP contribution in [0.1, 0.15) is 31.7 Å². The van der Waals surface area contributed by atoms with E-state index < -0.39 is 11.6 Å². The van der Waals surface area contributed by atoms with Crippen molar-refractivity contribution in [2.24, 2.45) is 5.92 Å². The van der Waals surface area contributed by atoms with Gasteiger partial charge in [-0.1, -0.05) is 25.8 Å². The van der Waals surface area contributed by atoms with Crippen molar-refractivity contribution >= 4 is 0 Å². The molecule has 0 amide bonds. The highest BCUT2D eigenvalue weighted by Gasteiger charge is 2.26. The number of hydrogen-bond donors (Lipinski definition) is 1. The van der Waals surface area contributed by atoms with Gasteiger partial charge in [-0.05, 0) is 37.4 Å². The number of rotatable bonds is 6. The molecule has 1 fully saturated rings. The van der Waals surface area contributed by atoms with Gasteiger partial charge in [0, 0.05) is 11.6 Å². The van der Waals surface area contributed by atoms with Crippen LogP contribution >= 0.6 is 0 Å². The molecule has 94 valence electrons. The largest absolute Gasteiger partial charge is 0.314 e. The highest BCUT2D eigenvalue weighted by Crippen LogP contribution is 2.34. The second-order valence-corrected chi connectivity index (χ2v) is 4.84. The Morgan fingerprint density at radius 2 is 1.94 bits per heavy atom. The molecule has 1 aliphatic rings. The summed E-state index contributed by atoms with van der Waals surface area (Å²) in [5.74, 6) is -0.0960. The number of likely N-dealkylation sites (N-methyl/N-ethyl adjacent to an activating group) is 1. The molecule has 1 nitrogen and oxygen atoms in total. The van der Waals surface area contributed by atoms with Gasteiger partial charge in [-0.2, -0.15) is 0 Å². The topological polar surface area (TPSA) is 12.0 Å². The predicted molar refractivity (Wildman–Crippen MR) is 64.9 cm³/mol. The summed E-state index contributed by atoms with van der Waals surface area (Å²) in [7, 11) is 0. The molecule has 1 saturated carbocycles. The Labute approximate surface area is 101 Å². The van der Waals surface area contributed by atoms with Crippen LogP contribution in [0.15, 0.2) is 18.2 Å². The van der Waals surface area contributed by atoms with Crippen LogP contribution in [-0.4, -0.2) is 12.6 Å². The molecule has 3 heteroatoms. The number of halogens is 2. The molecule has 0 aromatic heterocycles. The molecule has 1 aromatic rings. The molecule has 1 aromatic carbocycles. The van der Waals surface area contributed by atoms with Crippen molar-refractivity contribution in [1.29, 1.82) is 0 Å². The van der Waals surface area contributed by atoms with Gasteiger partial charge in [-0.25, -0.2) is 8.78 Å². The van der Waals surface area contributed by atoms with Crippen molar-refractivity contribution in [1.82, 2.24) is 5.32 Å². The highest BCUT2D eigenvalue weighted by molar-refractivity contribution is 5.20. The Hall–Kier alpha value is -0.960. The summed E-state index contributed by atoms with van der Waals surface area (Å²) in [4.78, 5) is 0. The van der Waals surface area contributed by atoms with Crippen LogP contribution in [0.2, 0.25) is 0 Å². The minimum absolute atomic E-state index is 0.193. The first-order valence-electron chi connectivity index (χ1n) is 6.37. The second-order valence-electron chi connectivity index (χ2n) is 4.84. The molecule has 0 radical (unpaired) electrons. The summed E-state index contributed by atoms with van der Waals surface area (Å²) < 4.78 is 27.1. The summed E-state index contributed by atoms with van der Waals surface area (Å²) >= 11 is 0. The maximum Gasteiger partial charge on any atom is 0.129 e. The van der Waals surface area contributed by atoms with Crippen LogP contribution in [0.25, 0.3) is 0 Å². The standard InChI is InChI=1S/C14H19F2N/c1-2-17-11(8-10-6-7-10)9-12-13(15)4-3-5-14(12)16/h3-5,10-11,17H,2,6-9H2,1H3. The maximum atomic E-state index is 13.5. The van der Waals surface area contributed by atoms with Crippen LogP contribution in [0.4, 0.5) is 8.78 Å². The first-order valence-corrected chi connectivity index (χ1v) is 6.37. The van der Waals surface area contributed by atoms with Crippen LogP contribution < -0.4 is 5.32 Å². The molecule has 1 N–H and O–H groups in total. The van der Waals surface area contributed by atoms with Crippen LogP contribution in [0.3, 0.4) is 0 Å². The lowest BCUT2D eigenvalue weighted by molar-refractivity contribution is 0.445. The lowest BCUT2D eigenvalue weighted by atomic mass is 10.00. The summed E-state index contributed by atoms with van der Waals surface area (Å²) in [6.07, 6.45) is 4.01.